The smallest absolute Gasteiger partial charge is 0.308 e. The van der Waals surface area contributed by atoms with Crippen LogP contribution in [0.25, 0.3) is 11.3 Å². The average Bonchev–Trinajstić information content (AvgIpc) is 3.10. The summed E-state index contributed by atoms with van der Waals surface area (Å²) >= 11 is 0. The van der Waals surface area contributed by atoms with Crippen LogP contribution >= 0.6 is 0 Å². The Hall–Kier alpha value is -2.63. The lowest BCUT2D eigenvalue weighted by atomic mass is 9.97. The van der Waals surface area contributed by atoms with Crippen LogP contribution in [0.4, 0.5) is 0 Å². The van der Waals surface area contributed by atoms with Gasteiger partial charge in [0.2, 0.25) is 5.91 Å². The van der Waals surface area contributed by atoms with Crippen molar-refractivity contribution in [3.05, 3.63) is 42.1 Å². The Labute approximate surface area is 140 Å². The highest BCUT2D eigenvalue weighted by Crippen LogP contribution is 2.22. The highest BCUT2D eigenvalue weighted by atomic mass is 16.5. The third-order valence-electron chi connectivity index (χ3n) is 4.33. The van der Waals surface area contributed by atoms with E-state index >= 15 is 0 Å². The second-order valence-electron chi connectivity index (χ2n) is 5.90. The zero-order chi connectivity index (χ0) is 16.9. The molecule has 3 rings (SSSR count). The van der Waals surface area contributed by atoms with Gasteiger partial charge in [-0.2, -0.15) is 0 Å². The molecule has 24 heavy (non-hydrogen) atoms. The van der Waals surface area contributed by atoms with Crippen molar-refractivity contribution in [2.75, 3.05) is 20.2 Å². The van der Waals surface area contributed by atoms with Gasteiger partial charge in [0.15, 0.2) is 5.76 Å². The fraction of sp³-hybridized carbons (Fsp3) is 0.389. The minimum absolute atomic E-state index is 0.00577. The Kier molecular flexibility index (Phi) is 4.93. The van der Waals surface area contributed by atoms with E-state index in [1.54, 1.807) is 11.0 Å². The molecule has 2 aromatic rings. The molecule has 1 aromatic carbocycles. The number of carbonyl (C=O) groups is 2. The van der Waals surface area contributed by atoms with Crippen LogP contribution in [0, 0.1) is 5.92 Å². The number of nitrogens with zero attached hydrogens (tertiary/aromatic N) is 2. The molecule has 0 unspecified atom stereocenters. The predicted octanol–water partition coefficient (Wildman–Crippen LogP) is 2.30. The Morgan fingerprint density at radius 3 is 2.62 bits per heavy atom. The number of hydrogen-bond donors (Lipinski definition) is 0. The summed E-state index contributed by atoms with van der Waals surface area (Å²) in [6.07, 6.45) is 1.50. The Morgan fingerprint density at radius 1 is 1.25 bits per heavy atom. The van der Waals surface area contributed by atoms with E-state index < -0.39 is 0 Å². The van der Waals surface area contributed by atoms with Crippen molar-refractivity contribution in [3.8, 4) is 11.3 Å². The number of esters is 1. The molecule has 0 radical (unpaired) electrons. The van der Waals surface area contributed by atoms with Crippen molar-refractivity contribution in [1.82, 2.24) is 10.1 Å². The molecule has 0 bridgehead atoms. The Morgan fingerprint density at radius 2 is 1.96 bits per heavy atom. The van der Waals surface area contributed by atoms with Crippen LogP contribution in [0.1, 0.15) is 18.5 Å². The van der Waals surface area contributed by atoms with Gasteiger partial charge in [0.1, 0.15) is 0 Å². The van der Waals surface area contributed by atoms with E-state index in [-0.39, 0.29) is 24.2 Å². The first-order valence-corrected chi connectivity index (χ1v) is 8.04. The first kappa shape index (κ1) is 16.2. The zero-order valence-electron chi connectivity index (χ0n) is 13.6. The van der Waals surface area contributed by atoms with Gasteiger partial charge < -0.3 is 14.2 Å². The van der Waals surface area contributed by atoms with Gasteiger partial charge in [-0.3, -0.25) is 9.59 Å². The lowest BCUT2D eigenvalue weighted by Crippen LogP contribution is -2.41. The standard InChI is InChI=1S/C18H20N2O4/c1-23-18(22)14-7-9-20(10-8-14)17(21)12-15-11-16(24-19-15)13-5-3-2-4-6-13/h2-6,11,14H,7-10,12H2,1H3. The molecule has 0 aliphatic carbocycles. The van der Waals surface area contributed by atoms with Crippen LogP contribution in [-0.4, -0.2) is 42.1 Å². The van der Waals surface area contributed by atoms with Gasteiger partial charge in [-0.05, 0) is 12.8 Å². The molecule has 0 spiro atoms. The van der Waals surface area contributed by atoms with Crippen LogP contribution in [0.15, 0.2) is 40.9 Å². The van der Waals surface area contributed by atoms with Gasteiger partial charge in [0.05, 0.1) is 25.1 Å². The number of ether oxygens (including phenoxy) is 1. The van der Waals surface area contributed by atoms with Crippen molar-refractivity contribution >= 4 is 11.9 Å². The van der Waals surface area contributed by atoms with Gasteiger partial charge in [-0.25, -0.2) is 0 Å². The summed E-state index contributed by atoms with van der Waals surface area (Å²) in [6, 6.07) is 11.5. The topological polar surface area (TPSA) is 72.6 Å². The molecule has 2 heterocycles. The number of benzene rings is 1. The summed E-state index contributed by atoms with van der Waals surface area (Å²) in [7, 11) is 1.40. The van der Waals surface area contributed by atoms with Gasteiger partial charge >= 0.3 is 5.97 Å². The second kappa shape index (κ2) is 7.29. The van der Waals surface area contributed by atoms with Crippen molar-refractivity contribution in [2.24, 2.45) is 5.92 Å². The SMILES string of the molecule is COC(=O)C1CCN(C(=O)Cc2cc(-c3ccccc3)on2)CC1. The molecule has 0 N–H and O–H groups in total. The highest BCUT2D eigenvalue weighted by Gasteiger charge is 2.28. The molecule has 126 valence electrons. The van der Waals surface area contributed by atoms with Crippen LogP contribution in [0.3, 0.4) is 0 Å². The number of amides is 1. The third kappa shape index (κ3) is 3.64. The molecular formula is C18H20N2O4. The number of likely N-dealkylation sites (tertiary alicyclic amines) is 1. The van der Waals surface area contributed by atoms with E-state index in [2.05, 4.69) is 5.16 Å². The molecule has 1 aliphatic heterocycles. The lowest BCUT2D eigenvalue weighted by molar-refractivity contribution is -0.148. The molecule has 1 aromatic heterocycles. The minimum atomic E-state index is -0.189. The second-order valence-corrected chi connectivity index (χ2v) is 5.90. The first-order valence-electron chi connectivity index (χ1n) is 8.04. The minimum Gasteiger partial charge on any atom is -0.469 e. The van der Waals surface area contributed by atoms with E-state index in [9.17, 15) is 9.59 Å². The predicted molar refractivity (Wildman–Crippen MR) is 87.0 cm³/mol. The van der Waals surface area contributed by atoms with E-state index in [1.807, 2.05) is 30.3 Å². The van der Waals surface area contributed by atoms with E-state index in [0.29, 0.717) is 37.4 Å². The summed E-state index contributed by atoms with van der Waals surface area (Å²) in [5.41, 5.74) is 1.55. The van der Waals surface area contributed by atoms with Crippen molar-refractivity contribution in [3.63, 3.8) is 0 Å². The quantitative estimate of drug-likeness (QED) is 0.805. The van der Waals surface area contributed by atoms with Crippen molar-refractivity contribution < 1.29 is 18.8 Å². The van der Waals surface area contributed by atoms with E-state index in [0.717, 1.165) is 5.56 Å². The molecule has 1 amide bonds. The summed E-state index contributed by atoms with van der Waals surface area (Å²) in [5, 5.41) is 3.99. The van der Waals surface area contributed by atoms with Crippen LogP contribution in [0.2, 0.25) is 0 Å². The van der Waals surface area contributed by atoms with Gasteiger partial charge in [0.25, 0.3) is 0 Å². The fourth-order valence-electron chi connectivity index (χ4n) is 2.93. The number of piperidine rings is 1. The zero-order valence-corrected chi connectivity index (χ0v) is 13.6. The van der Waals surface area contributed by atoms with Crippen LogP contribution in [-0.2, 0) is 20.7 Å². The Bertz CT molecular complexity index is 703. The van der Waals surface area contributed by atoms with Crippen molar-refractivity contribution in [2.45, 2.75) is 19.3 Å². The first-order chi connectivity index (χ1) is 11.7. The van der Waals surface area contributed by atoms with Gasteiger partial charge in [-0.15, -0.1) is 0 Å². The van der Waals surface area contributed by atoms with Gasteiger partial charge in [-0.1, -0.05) is 35.5 Å². The number of aromatic nitrogens is 1. The number of rotatable bonds is 4. The maximum atomic E-state index is 12.4. The molecule has 0 atom stereocenters. The lowest BCUT2D eigenvalue weighted by Gasteiger charge is -2.30. The number of methoxy groups -OCH3 is 1. The Balaban J connectivity index is 1.56. The highest BCUT2D eigenvalue weighted by molar-refractivity contribution is 5.79. The fourth-order valence-corrected chi connectivity index (χ4v) is 2.93. The maximum Gasteiger partial charge on any atom is 0.308 e. The third-order valence-corrected chi connectivity index (χ3v) is 4.33. The van der Waals surface area contributed by atoms with E-state index in [1.165, 1.54) is 7.11 Å². The summed E-state index contributed by atoms with van der Waals surface area (Å²) in [4.78, 5) is 25.7. The monoisotopic (exact) mass is 328 g/mol. The molecule has 1 saturated heterocycles. The van der Waals surface area contributed by atoms with Gasteiger partial charge in [0, 0.05) is 24.7 Å². The number of carbonyl (C=O) groups excluding carboxylic acids is 2. The average molecular weight is 328 g/mol. The molecule has 6 nitrogen and oxygen atoms in total. The molecule has 6 heteroatoms. The summed E-state index contributed by atoms with van der Waals surface area (Å²) in [6.45, 7) is 1.14. The molecule has 0 saturated carbocycles. The summed E-state index contributed by atoms with van der Waals surface area (Å²) < 4.78 is 10.1. The number of hydrogen-bond acceptors (Lipinski definition) is 5. The van der Waals surface area contributed by atoms with Crippen LogP contribution < -0.4 is 0 Å². The molecule has 1 aliphatic rings. The van der Waals surface area contributed by atoms with Crippen LogP contribution in [0.5, 0.6) is 0 Å². The molecule has 1 fully saturated rings. The maximum absolute atomic E-state index is 12.4. The van der Waals surface area contributed by atoms with Crippen molar-refractivity contribution in [1.29, 1.82) is 0 Å². The largest absolute Gasteiger partial charge is 0.469 e. The normalized spacial score (nSPS) is 15.3. The van der Waals surface area contributed by atoms with E-state index in [4.69, 9.17) is 9.26 Å². The molecular weight excluding hydrogens is 308 g/mol. The summed E-state index contributed by atoms with van der Waals surface area (Å²) in [5.74, 6) is 0.371.